The summed E-state index contributed by atoms with van der Waals surface area (Å²) in [6.45, 7) is 5.93. The van der Waals surface area contributed by atoms with Gasteiger partial charge < -0.3 is 4.74 Å². The van der Waals surface area contributed by atoms with Crippen LogP contribution in [0.2, 0.25) is 0 Å². The van der Waals surface area contributed by atoms with Gasteiger partial charge in [0.1, 0.15) is 11.9 Å². The third-order valence-corrected chi connectivity index (χ3v) is 5.62. The number of benzene rings is 1. The average molecular weight is 296 g/mol. The third kappa shape index (κ3) is 1.57. The summed E-state index contributed by atoms with van der Waals surface area (Å²) >= 11 is 0. The first-order valence-corrected chi connectivity index (χ1v) is 8.08. The van der Waals surface area contributed by atoms with Crippen molar-refractivity contribution < 1.29 is 14.3 Å². The van der Waals surface area contributed by atoms with Gasteiger partial charge in [-0.05, 0) is 43.7 Å². The molecule has 114 valence electrons. The Hall–Kier alpha value is -1.90. The van der Waals surface area contributed by atoms with Gasteiger partial charge in [-0.25, -0.2) is 0 Å². The average Bonchev–Trinajstić information content (AvgIpc) is 2.74. The lowest BCUT2D eigenvalue weighted by atomic mass is 9.72. The Morgan fingerprint density at radius 2 is 1.82 bits per heavy atom. The van der Waals surface area contributed by atoms with Crippen molar-refractivity contribution in [3.8, 4) is 0 Å². The lowest BCUT2D eigenvalue weighted by Crippen LogP contribution is -2.33. The van der Waals surface area contributed by atoms with E-state index in [1.165, 1.54) is 5.56 Å². The maximum absolute atomic E-state index is 12.8. The Balaban J connectivity index is 2.01. The predicted molar refractivity (Wildman–Crippen MR) is 83.7 cm³/mol. The molecule has 0 saturated heterocycles. The topological polar surface area (TPSA) is 43.4 Å². The van der Waals surface area contributed by atoms with E-state index in [1.54, 1.807) is 0 Å². The molecule has 0 spiro atoms. The van der Waals surface area contributed by atoms with E-state index in [2.05, 4.69) is 6.07 Å². The van der Waals surface area contributed by atoms with E-state index in [0.29, 0.717) is 16.9 Å². The molecule has 22 heavy (non-hydrogen) atoms. The minimum absolute atomic E-state index is 0.101. The fourth-order valence-corrected chi connectivity index (χ4v) is 3.98. The normalized spacial score (nSPS) is 25.5. The summed E-state index contributed by atoms with van der Waals surface area (Å²) in [6, 6.07) is 4.09. The van der Waals surface area contributed by atoms with Crippen molar-refractivity contribution >= 4 is 17.3 Å². The summed E-state index contributed by atoms with van der Waals surface area (Å²) < 4.78 is 6.02. The summed E-state index contributed by atoms with van der Waals surface area (Å²) in [5.74, 6) is -0.0560. The van der Waals surface area contributed by atoms with Gasteiger partial charge in [0.05, 0.1) is 5.57 Å². The minimum atomic E-state index is -0.421. The lowest BCUT2D eigenvalue weighted by molar-refractivity contribution is -0.112. The van der Waals surface area contributed by atoms with Crippen LogP contribution in [-0.4, -0.2) is 17.7 Å². The molecule has 0 N–H and O–H groups in total. The Kier molecular flexibility index (Phi) is 2.69. The molecule has 0 amide bonds. The molecule has 1 aromatic carbocycles. The van der Waals surface area contributed by atoms with Gasteiger partial charge in [0.15, 0.2) is 0 Å². The summed E-state index contributed by atoms with van der Waals surface area (Å²) in [5.41, 5.74) is 3.89. The van der Waals surface area contributed by atoms with Crippen LogP contribution in [0.5, 0.6) is 0 Å². The van der Waals surface area contributed by atoms with Gasteiger partial charge in [-0.3, -0.25) is 9.59 Å². The number of carbonyl (C=O) groups is 2. The number of hydrogen-bond acceptors (Lipinski definition) is 3. The van der Waals surface area contributed by atoms with Gasteiger partial charge in [0.2, 0.25) is 11.6 Å². The maximum Gasteiger partial charge on any atom is 0.234 e. The first kappa shape index (κ1) is 13.7. The van der Waals surface area contributed by atoms with Crippen LogP contribution in [0.15, 0.2) is 17.7 Å². The molecular weight excluding hydrogens is 276 g/mol. The van der Waals surface area contributed by atoms with Crippen LogP contribution in [0.25, 0.3) is 5.76 Å². The molecule has 0 fully saturated rings. The van der Waals surface area contributed by atoms with E-state index in [1.807, 2.05) is 26.8 Å². The van der Waals surface area contributed by atoms with Crippen LogP contribution in [0.4, 0.5) is 0 Å². The smallest absolute Gasteiger partial charge is 0.234 e. The second kappa shape index (κ2) is 4.31. The molecule has 4 rings (SSSR count). The number of rotatable bonds is 0. The zero-order valence-corrected chi connectivity index (χ0v) is 13.3. The molecule has 3 aliphatic rings. The van der Waals surface area contributed by atoms with Gasteiger partial charge >= 0.3 is 0 Å². The van der Waals surface area contributed by atoms with Crippen molar-refractivity contribution in [3.05, 3.63) is 40.0 Å². The molecule has 0 bridgehead atoms. The van der Waals surface area contributed by atoms with Gasteiger partial charge in [0.25, 0.3) is 0 Å². The number of Topliss-reactive ketones (excluding diaryl/α,β-unsaturated/α-hetero) is 2. The van der Waals surface area contributed by atoms with Crippen molar-refractivity contribution in [3.63, 3.8) is 0 Å². The Labute approximate surface area is 130 Å². The summed E-state index contributed by atoms with van der Waals surface area (Å²) in [5, 5.41) is 0. The number of ketones is 2. The van der Waals surface area contributed by atoms with Crippen LogP contribution in [-0.2, 0) is 22.4 Å². The van der Waals surface area contributed by atoms with Crippen LogP contribution >= 0.6 is 0 Å². The zero-order valence-electron chi connectivity index (χ0n) is 13.3. The molecular formula is C19H20O3. The molecule has 1 heterocycles. The van der Waals surface area contributed by atoms with Crippen molar-refractivity contribution in [1.29, 1.82) is 0 Å². The first-order chi connectivity index (χ1) is 10.4. The molecule has 0 aromatic heterocycles. The monoisotopic (exact) mass is 296 g/mol. The van der Waals surface area contributed by atoms with Crippen LogP contribution in [0, 0.1) is 5.41 Å². The largest absolute Gasteiger partial charge is 0.489 e. The second-order valence-corrected chi connectivity index (χ2v) is 7.18. The molecule has 1 aliphatic heterocycles. The fraction of sp³-hybridized carbons (Fsp3) is 0.474. The number of fused-ring (bicyclic) bond motifs is 4. The highest BCUT2D eigenvalue weighted by Gasteiger charge is 2.50. The molecule has 0 saturated carbocycles. The van der Waals surface area contributed by atoms with Crippen LogP contribution in [0.1, 0.15) is 60.7 Å². The summed E-state index contributed by atoms with van der Waals surface area (Å²) in [6.07, 6.45) is 4.02. The third-order valence-electron chi connectivity index (χ3n) is 5.62. The fourth-order valence-electron chi connectivity index (χ4n) is 3.98. The van der Waals surface area contributed by atoms with Crippen molar-refractivity contribution in [2.45, 2.75) is 52.6 Å². The Morgan fingerprint density at radius 1 is 1.09 bits per heavy atom. The number of hydrogen-bond donors (Lipinski definition) is 0. The molecule has 3 heteroatoms. The van der Waals surface area contributed by atoms with E-state index >= 15 is 0 Å². The van der Waals surface area contributed by atoms with E-state index in [-0.39, 0.29) is 17.7 Å². The second-order valence-electron chi connectivity index (χ2n) is 7.18. The maximum atomic E-state index is 12.8. The Bertz CT molecular complexity index is 752. The zero-order chi connectivity index (χ0) is 15.6. The molecule has 3 nitrogen and oxygen atoms in total. The lowest BCUT2D eigenvalue weighted by Gasteiger charge is -2.26. The molecule has 1 aromatic rings. The summed E-state index contributed by atoms with van der Waals surface area (Å²) in [7, 11) is 0. The number of aryl methyl sites for hydroxylation is 1. The highest BCUT2D eigenvalue weighted by molar-refractivity contribution is 6.53. The molecule has 0 radical (unpaired) electrons. The van der Waals surface area contributed by atoms with Crippen LogP contribution in [0.3, 0.4) is 0 Å². The Morgan fingerprint density at radius 3 is 2.59 bits per heavy atom. The van der Waals surface area contributed by atoms with Crippen LogP contribution < -0.4 is 0 Å². The molecule has 2 aliphatic carbocycles. The molecule has 1 unspecified atom stereocenters. The van der Waals surface area contributed by atoms with E-state index in [4.69, 9.17) is 4.74 Å². The van der Waals surface area contributed by atoms with Gasteiger partial charge in [-0.1, -0.05) is 26.0 Å². The van der Waals surface area contributed by atoms with Gasteiger partial charge in [-0.15, -0.1) is 0 Å². The first-order valence-electron chi connectivity index (χ1n) is 8.08. The van der Waals surface area contributed by atoms with Crippen molar-refractivity contribution in [2.75, 3.05) is 0 Å². The van der Waals surface area contributed by atoms with Gasteiger partial charge in [0, 0.05) is 16.5 Å². The summed E-state index contributed by atoms with van der Waals surface area (Å²) in [4.78, 5) is 25.5. The van der Waals surface area contributed by atoms with E-state index in [9.17, 15) is 9.59 Å². The number of ether oxygens (including phenoxy) is 1. The highest BCUT2D eigenvalue weighted by Crippen LogP contribution is 2.50. The minimum Gasteiger partial charge on any atom is -0.489 e. The quantitative estimate of drug-likeness (QED) is 0.688. The number of carbonyl (C=O) groups excluding carboxylic acids is 2. The van der Waals surface area contributed by atoms with Gasteiger partial charge in [-0.2, -0.15) is 0 Å². The van der Waals surface area contributed by atoms with E-state index < -0.39 is 5.41 Å². The SMILES string of the molecule is CC1OC2=C(C(=O)C(=O)c3c2ccc2c3CCCC2)C1(C)C. The standard InChI is InChI=1S/C19H20O3/c1-10-19(2,3)15-17(21)16(20)14-12-7-5-4-6-11(12)8-9-13(14)18(15)22-10/h8-10H,4-7H2,1-3H3. The predicted octanol–water partition coefficient (Wildman–Crippen LogP) is 3.49. The van der Waals surface area contributed by atoms with Crippen molar-refractivity contribution in [1.82, 2.24) is 0 Å². The molecule has 1 atom stereocenters. The highest BCUT2D eigenvalue weighted by atomic mass is 16.5. The van der Waals surface area contributed by atoms with Crippen molar-refractivity contribution in [2.24, 2.45) is 5.41 Å². The van der Waals surface area contributed by atoms with E-state index in [0.717, 1.165) is 36.8 Å².